The normalized spacial score (nSPS) is 9.33. The Kier molecular flexibility index (Phi) is 1.35. The van der Waals surface area contributed by atoms with Gasteiger partial charge in [-0.25, -0.2) is 0 Å². The summed E-state index contributed by atoms with van der Waals surface area (Å²) in [5, 5.41) is 19.8. The lowest BCUT2D eigenvalue weighted by Crippen LogP contribution is -1.81. The highest BCUT2D eigenvalue weighted by atomic mass is 32.1. The van der Waals surface area contributed by atoms with E-state index >= 15 is 0 Å². The van der Waals surface area contributed by atoms with E-state index in [-0.39, 0.29) is 10.8 Å². The third-order valence-corrected chi connectivity index (χ3v) is 1.50. The van der Waals surface area contributed by atoms with Crippen molar-refractivity contribution in [3.05, 3.63) is 21.6 Å². The van der Waals surface area contributed by atoms with E-state index in [1.54, 1.807) is 0 Å². The topological polar surface area (TPSA) is 63.4 Å². The standard InChI is InChI=1S/C4H3NO3S/c6-4-1-3(2-9-4)5(7)8/h1-2,6H. The maximum absolute atomic E-state index is 9.92. The van der Waals surface area contributed by atoms with Crippen molar-refractivity contribution >= 4 is 17.0 Å². The highest BCUT2D eigenvalue weighted by Gasteiger charge is 2.06. The molecule has 0 aliphatic heterocycles. The molecule has 0 unspecified atom stereocenters. The smallest absolute Gasteiger partial charge is 0.283 e. The first-order valence-corrected chi connectivity index (χ1v) is 3.00. The summed E-state index contributed by atoms with van der Waals surface area (Å²) in [7, 11) is 0. The van der Waals surface area contributed by atoms with Crippen LogP contribution in [-0.2, 0) is 0 Å². The minimum atomic E-state index is -0.545. The number of rotatable bonds is 1. The molecule has 0 aliphatic rings. The maximum Gasteiger partial charge on any atom is 0.283 e. The molecule has 1 heterocycles. The molecule has 1 N–H and O–H groups in total. The van der Waals surface area contributed by atoms with E-state index < -0.39 is 4.92 Å². The predicted octanol–water partition coefficient (Wildman–Crippen LogP) is 1.36. The van der Waals surface area contributed by atoms with Crippen LogP contribution in [0.4, 0.5) is 5.69 Å². The van der Waals surface area contributed by atoms with E-state index in [2.05, 4.69) is 0 Å². The summed E-state index contributed by atoms with van der Waals surface area (Å²) in [5.41, 5.74) is -0.0579. The highest BCUT2D eigenvalue weighted by molar-refractivity contribution is 7.12. The van der Waals surface area contributed by atoms with Crippen LogP contribution in [0.15, 0.2) is 11.4 Å². The summed E-state index contributed by atoms with van der Waals surface area (Å²) >= 11 is 0.947. The fourth-order valence-corrected chi connectivity index (χ4v) is 0.995. The van der Waals surface area contributed by atoms with Gasteiger partial charge in [-0.3, -0.25) is 10.1 Å². The second kappa shape index (κ2) is 2.02. The minimum absolute atomic E-state index is 0.0262. The second-order valence-corrected chi connectivity index (χ2v) is 2.29. The van der Waals surface area contributed by atoms with Gasteiger partial charge in [0.05, 0.1) is 16.4 Å². The van der Waals surface area contributed by atoms with Gasteiger partial charge in [-0.2, -0.15) is 0 Å². The van der Waals surface area contributed by atoms with Crippen LogP contribution in [0.25, 0.3) is 0 Å². The average molecular weight is 145 g/mol. The van der Waals surface area contributed by atoms with E-state index in [9.17, 15) is 10.1 Å². The molecule has 1 aromatic rings. The molecule has 0 aromatic carbocycles. The van der Waals surface area contributed by atoms with Crippen molar-refractivity contribution < 1.29 is 10.0 Å². The van der Waals surface area contributed by atoms with Gasteiger partial charge in [-0.05, 0) is 0 Å². The fourth-order valence-electron chi connectivity index (χ4n) is 0.411. The van der Waals surface area contributed by atoms with E-state index in [0.29, 0.717) is 0 Å². The predicted molar refractivity (Wildman–Crippen MR) is 32.6 cm³/mol. The average Bonchev–Trinajstić information content (AvgIpc) is 2.14. The summed E-state index contributed by atoms with van der Waals surface area (Å²) in [4.78, 5) is 9.37. The molecular weight excluding hydrogens is 142 g/mol. The molecule has 0 spiro atoms. The van der Waals surface area contributed by atoms with Crippen LogP contribution in [-0.4, -0.2) is 10.0 Å². The molecule has 1 aromatic heterocycles. The van der Waals surface area contributed by atoms with Gasteiger partial charge in [0.1, 0.15) is 0 Å². The van der Waals surface area contributed by atoms with E-state index in [1.807, 2.05) is 0 Å². The largest absolute Gasteiger partial charge is 0.499 e. The zero-order chi connectivity index (χ0) is 6.85. The lowest BCUT2D eigenvalue weighted by Gasteiger charge is -1.77. The summed E-state index contributed by atoms with van der Waals surface area (Å²) < 4.78 is 0. The number of nitro groups is 1. The fraction of sp³-hybridized carbons (Fsp3) is 0. The lowest BCUT2D eigenvalue weighted by molar-refractivity contribution is -0.384. The third kappa shape index (κ3) is 1.17. The van der Waals surface area contributed by atoms with Gasteiger partial charge in [-0.1, -0.05) is 0 Å². The zero-order valence-electron chi connectivity index (χ0n) is 4.27. The van der Waals surface area contributed by atoms with Gasteiger partial charge >= 0.3 is 0 Å². The van der Waals surface area contributed by atoms with E-state index in [0.717, 1.165) is 17.4 Å². The Bertz CT molecular complexity index is 231. The van der Waals surface area contributed by atoms with Crippen LogP contribution in [0, 0.1) is 10.1 Å². The molecule has 1 rings (SSSR count). The molecule has 0 bridgehead atoms. The van der Waals surface area contributed by atoms with Crippen molar-refractivity contribution in [2.24, 2.45) is 0 Å². The summed E-state index contributed by atoms with van der Waals surface area (Å²) in [5.74, 6) is 0. The number of thiophene rings is 1. The van der Waals surface area contributed by atoms with Gasteiger partial charge in [0.2, 0.25) is 0 Å². The van der Waals surface area contributed by atoms with Crippen LogP contribution >= 0.6 is 11.3 Å². The molecule has 0 fully saturated rings. The van der Waals surface area contributed by atoms with Crippen LogP contribution in [0.5, 0.6) is 5.06 Å². The Morgan fingerprint density at radius 3 is 2.67 bits per heavy atom. The first-order chi connectivity index (χ1) is 4.20. The summed E-state index contributed by atoms with van der Waals surface area (Å²) in [6.45, 7) is 0. The number of nitrogens with zero attached hydrogens (tertiary/aromatic N) is 1. The number of hydrogen-bond acceptors (Lipinski definition) is 4. The van der Waals surface area contributed by atoms with Crippen molar-refractivity contribution in [2.45, 2.75) is 0 Å². The molecule has 48 valence electrons. The zero-order valence-corrected chi connectivity index (χ0v) is 5.09. The molecular formula is C4H3NO3S. The van der Waals surface area contributed by atoms with Crippen LogP contribution in [0.1, 0.15) is 0 Å². The van der Waals surface area contributed by atoms with Gasteiger partial charge in [0, 0.05) is 0 Å². The number of aromatic hydroxyl groups is 1. The monoisotopic (exact) mass is 145 g/mol. The Balaban J connectivity index is 2.98. The van der Waals surface area contributed by atoms with Crippen LogP contribution in [0.2, 0.25) is 0 Å². The maximum atomic E-state index is 9.92. The molecule has 4 nitrogen and oxygen atoms in total. The molecule has 9 heavy (non-hydrogen) atoms. The molecule has 0 amide bonds. The van der Waals surface area contributed by atoms with E-state index in [4.69, 9.17) is 5.11 Å². The quantitative estimate of drug-likeness (QED) is 0.479. The first kappa shape index (κ1) is 6.03. The Morgan fingerprint density at radius 2 is 2.44 bits per heavy atom. The Labute approximate surface area is 54.5 Å². The van der Waals surface area contributed by atoms with E-state index in [1.165, 1.54) is 5.38 Å². The molecule has 0 saturated carbocycles. The third-order valence-electron chi connectivity index (χ3n) is 0.783. The van der Waals surface area contributed by atoms with Gasteiger partial charge < -0.3 is 5.11 Å². The van der Waals surface area contributed by atoms with Crippen molar-refractivity contribution in [1.82, 2.24) is 0 Å². The Hall–Kier alpha value is -1.10. The van der Waals surface area contributed by atoms with Crippen molar-refractivity contribution in [1.29, 1.82) is 0 Å². The first-order valence-electron chi connectivity index (χ1n) is 2.12. The summed E-state index contributed by atoms with van der Waals surface area (Å²) in [6.07, 6.45) is 0. The SMILES string of the molecule is O=[N+]([O-])c1csc(O)c1. The van der Waals surface area contributed by atoms with Crippen LogP contribution < -0.4 is 0 Å². The van der Waals surface area contributed by atoms with Gasteiger partial charge in [0.15, 0.2) is 5.06 Å². The van der Waals surface area contributed by atoms with Gasteiger partial charge in [0.25, 0.3) is 5.69 Å². The van der Waals surface area contributed by atoms with Gasteiger partial charge in [-0.15, -0.1) is 11.3 Å². The molecule has 0 atom stereocenters. The van der Waals surface area contributed by atoms with Crippen molar-refractivity contribution in [3.8, 4) is 5.06 Å². The number of hydrogen-bond donors (Lipinski definition) is 1. The van der Waals surface area contributed by atoms with Crippen molar-refractivity contribution in [3.63, 3.8) is 0 Å². The van der Waals surface area contributed by atoms with Crippen molar-refractivity contribution in [2.75, 3.05) is 0 Å². The lowest BCUT2D eigenvalue weighted by atomic mass is 10.5. The molecule has 0 aliphatic carbocycles. The molecule has 0 radical (unpaired) electrons. The van der Waals surface area contributed by atoms with Crippen LogP contribution in [0.3, 0.4) is 0 Å². The highest BCUT2D eigenvalue weighted by Crippen LogP contribution is 2.25. The molecule has 5 heteroatoms. The molecule has 0 saturated heterocycles. The summed E-state index contributed by atoms with van der Waals surface area (Å²) in [6, 6.07) is 1.12. The second-order valence-electron chi connectivity index (χ2n) is 1.40. The minimum Gasteiger partial charge on any atom is -0.499 e. The Morgan fingerprint density at radius 1 is 1.78 bits per heavy atom.